The van der Waals surface area contributed by atoms with Crippen LogP contribution in [0.1, 0.15) is 17.5 Å². The Bertz CT molecular complexity index is 560. The zero-order valence-electron chi connectivity index (χ0n) is 13.2. The minimum atomic E-state index is 0.949. The van der Waals surface area contributed by atoms with Crippen LogP contribution in [0, 0.1) is 0 Å². The van der Waals surface area contributed by atoms with Gasteiger partial charge in [0.2, 0.25) is 0 Å². The molecule has 1 aromatic rings. The molecule has 1 aromatic carbocycles. The van der Waals surface area contributed by atoms with Crippen molar-refractivity contribution in [2.75, 3.05) is 47.4 Å². The molecule has 4 nitrogen and oxygen atoms in total. The number of allylic oxidation sites excluding steroid dienone is 1. The van der Waals surface area contributed by atoms with Gasteiger partial charge in [-0.15, -0.1) is 0 Å². The summed E-state index contributed by atoms with van der Waals surface area (Å²) >= 11 is 0. The smallest absolute Gasteiger partial charge is 0.126 e. The fraction of sp³-hybridized carbons (Fsp3) is 0.529. The summed E-state index contributed by atoms with van der Waals surface area (Å²) in [5.74, 6) is 1.92. The van der Waals surface area contributed by atoms with Gasteiger partial charge >= 0.3 is 0 Å². The van der Waals surface area contributed by atoms with E-state index in [-0.39, 0.29) is 0 Å². The molecule has 0 aromatic heterocycles. The van der Waals surface area contributed by atoms with Crippen molar-refractivity contribution in [3.05, 3.63) is 29.0 Å². The number of nitrogens with zero attached hydrogens (tertiary/aromatic N) is 1. The second-order valence-corrected chi connectivity index (χ2v) is 6.09. The van der Waals surface area contributed by atoms with Gasteiger partial charge in [-0.05, 0) is 18.6 Å². The van der Waals surface area contributed by atoms with Crippen LogP contribution in [0.15, 0.2) is 17.8 Å². The molecule has 1 fully saturated rings. The minimum absolute atomic E-state index is 0.949. The van der Waals surface area contributed by atoms with Crippen LogP contribution in [-0.2, 0) is 6.42 Å². The first-order valence-corrected chi connectivity index (χ1v) is 7.68. The molecule has 21 heavy (non-hydrogen) atoms. The van der Waals surface area contributed by atoms with E-state index in [4.69, 9.17) is 9.47 Å². The Morgan fingerprint density at radius 2 is 1.67 bits per heavy atom. The lowest BCUT2D eigenvalue weighted by Crippen LogP contribution is -2.55. The highest BCUT2D eigenvalue weighted by molar-refractivity contribution is 5.68. The van der Waals surface area contributed by atoms with E-state index < -0.39 is 0 Å². The van der Waals surface area contributed by atoms with Gasteiger partial charge in [0.05, 0.1) is 34.4 Å². The van der Waals surface area contributed by atoms with Gasteiger partial charge in [-0.2, -0.15) is 0 Å². The molecule has 4 heteroatoms. The maximum atomic E-state index is 5.56. The molecule has 3 rings (SSSR count). The summed E-state index contributed by atoms with van der Waals surface area (Å²) in [6.07, 6.45) is 4.47. The summed E-state index contributed by atoms with van der Waals surface area (Å²) in [6, 6.07) is 4.02. The molecule has 2 aliphatic rings. The maximum absolute atomic E-state index is 5.56. The standard InChI is InChI=1S/C17H25N2O2/c1-19(10-8-18-9-11-19)13-4-5-14-15(12-13)17(21-3)7-6-16(14)20-2/h6-7,12,18H,4-5,8-11H2,1-3H3/q+1. The van der Waals surface area contributed by atoms with Gasteiger partial charge in [0.1, 0.15) is 17.2 Å². The summed E-state index contributed by atoms with van der Waals surface area (Å²) < 4.78 is 12.1. The average Bonchev–Trinajstić information content (AvgIpc) is 2.54. The molecule has 0 spiro atoms. The Hall–Kier alpha value is -1.52. The molecular weight excluding hydrogens is 264 g/mol. The van der Waals surface area contributed by atoms with Gasteiger partial charge in [0.15, 0.2) is 0 Å². The normalized spacial score (nSPS) is 20.4. The zero-order chi connectivity index (χ0) is 14.9. The lowest BCUT2D eigenvalue weighted by atomic mass is 9.92. The highest BCUT2D eigenvalue weighted by atomic mass is 16.5. The number of likely N-dealkylation sites (N-methyl/N-ethyl adjacent to an activating group) is 1. The van der Waals surface area contributed by atoms with Crippen LogP contribution in [0.25, 0.3) is 6.08 Å². The minimum Gasteiger partial charge on any atom is -0.496 e. The maximum Gasteiger partial charge on any atom is 0.126 e. The third kappa shape index (κ3) is 2.54. The quantitative estimate of drug-likeness (QED) is 0.864. The molecule has 1 heterocycles. The number of nitrogens with one attached hydrogen (secondary N) is 1. The van der Waals surface area contributed by atoms with Crippen LogP contribution in [0.2, 0.25) is 0 Å². The van der Waals surface area contributed by atoms with Crippen molar-refractivity contribution in [1.82, 2.24) is 5.32 Å². The third-order valence-electron chi connectivity index (χ3n) is 4.91. The summed E-state index contributed by atoms with van der Waals surface area (Å²) in [6.45, 7) is 4.51. The van der Waals surface area contributed by atoms with E-state index in [1.54, 1.807) is 14.2 Å². The second kappa shape index (κ2) is 5.70. The van der Waals surface area contributed by atoms with Gasteiger partial charge in [-0.3, -0.25) is 4.48 Å². The topological polar surface area (TPSA) is 30.5 Å². The first kappa shape index (κ1) is 14.4. The number of fused-ring (bicyclic) bond motifs is 1. The molecule has 1 aliphatic carbocycles. The van der Waals surface area contributed by atoms with Crippen molar-refractivity contribution in [3.63, 3.8) is 0 Å². The van der Waals surface area contributed by atoms with Crippen molar-refractivity contribution in [2.24, 2.45) is 0 Å². The molecule has 0 radical (unpaired) electrons. The number of ether oxygens (including phenoxy) is 2. The predicted molar refractivity (Wildman–Crippen MR) is 84.6 cm³/mol. The molecule has 1 aliphatic heterocycles. The summed E-state index contributed by atoms with van der Waals surface area (Å²) in [5, 5.41) is 3.45. The van der Waals surface area contributed by atoms with Crippen LogP contribution in [0.4, 0.5) is 0 Å². The van der Waals surface area contributed by atoms with Crippen molar-refractivity contribution in [3.8, 4) is 11.5 Å². The van der Waals surface area contributed by atoms with Crippen molar-refractivity contribution in [1.29, 1.82) is 0 Å². The first-order chi connectivity index (χ1) is 10.2. The monoisotopic (exact) mass is 289 g/mol. The number of hydrogen-bond acceptors (Lipinski definition) is 3. The molecule has 1 saturated heterocycles. The SMILES string of the molecule is COc1ccc(OC)c2c1C=C([N+]1(C)CCNCC1)CC2. The van der Waals surface area contributed by atoms with E-state index in [1.165, 1.54) is 16.8 Å². The fourth-order valence-corrected chi connectivity index (χ4v) is 3.50. The molecule has 1 N–H and O–H groups in total. The molecule has 0 amide bonds. The Morgan fingerprint density at radius 3 is 2.33 bits per heavy atom. The van der Waals surface area contributed by atoms with Crippen molar-refractivity contribution >= 4 is 6.08 Å². The van der Waals surface area contributed by atoms with Crippen LogP contribution in [0.3, 0.4) is 0 Å². The van der Waals surface area contributed by atoms with Gasteiger partial charge in [0.25, 0.3) is 0 Å². The van der Waals surface area contributed by atoms with E-state index in [0.29, 0.717) is 0 Å². The summed E-state index contributed by atoms with van der Waals surface area (Å²) in [7, 11) is 5.83. The van der Waals surface area contributed by atoms with Gasteiger partial charge in [-0.25, -0.2) is 0 Å². The van der Waals surface area contributed by atoms with Crippen molar-refractivity contribution < 1.29 is 14.0 Å². The van der Waals surface area contributed by atoms with Gasteiger partial charge < -0.3 is 14.8 Å². The number of benzene rings is 1. The third-order valence-corrected chi connectivity index (χ3v) is 4.91. The Labute approximate surface area is 126 Å². The number of rotatable bonds is 3. The van der Waals surface area contributed by atoms with Crippen molar-refractivity contribution in [2.45, 2.75) is 12.8 Å². The number of hydrogen-bond donors (Lipinski definition) is 1. The summed E-state index contributed by atoms with van der Waals surface area (Å²) in [4.78, 5) is 0. The fourth-order valence-electron chi connectivity index (χ4n) is 3.50. The Balaban J connectivity index is 2.03. The number of quaternary nitrogens is 1. The molecule has 0 unspecified atom stereocenters. The average molecular weight is 289 g/mol. The Kier molecular flexibility index (Phi) is 3.91. The first-order valence-electron chi connectivity index (χ1n) is 7.68. The van der Waals surface area contributed by atoms with E-state index in [9.17, 15) is 0 Å². The largest absolute Gasteiger partial charge is 0.496 e. The van der Waals surface area contributed by atoms with Crippen LogP contribution < -0.4 is 14.8 Å². The highest BCUT2D eigenvalue weighted by Gasteiger charge is 2.32. The molecule has 0 bridgehead atoms. The van der Waals surface area contributed by atoms with Crippen LogP contribution in [0.5, 0.6) is 11.5 Å². The zero-order valence-corrected chi connectivity index (χ0v) is 13.2. The predicted octanol–water partition coefficient (Wildman–Crippen LogP) is 2.04. The Morgan fingerprint density at radius 1 is 1.00 bits per heavy atom. The molecule has 114 valence electrons. The molecule has 0 atom stereocenters. The number of piperazine rings is 1. The molecular formula is C17H25N2O2+. The van der Waals surface area contributed by atoms with Crippen LogP contribution >= 0.6 is 0 Å². The lowest BCUT2D eigenvalue weighted by Gasteiger charge is -2.40. The lowest BCUT2D eigenvalue weighted by molar-refractivity contribution is -0.875. The number of methoxy groups -OCH3 is 2. The summed E-state index contributed by atoms with van der Waals surface area (Å²) in [5.41, 5.74) is 3.99. The van der Waals surface area contributed by atoms with E-state index >= 15 is 0 Å². The van der Waals surface area contributed by atoms with E-state index in [1.807, 2.05) is 12.1 Å². The van der Waals surface area contributed by atoms with E-state index in [0.717, 1.165) is 55.0 Å². The second-order valence-electron chi connectivity index (χ2n) is 6.09. The van der Waals surface area contributed by atoms with Crippen LogP contribution in [-0.4, -0.2) is 51.9 Å². The van der Waals surface area contributed by atoms with Gasteiger partial charge in [-0.1, -0.05) is 0 Å². The molecule has 0 saturated carbocycles. The highest BCUT2D eigenvalue weighted by Crippen LogP contribution is 2.39. The van der Waals surface area contributed by atoms with Gasteiger partial charge in [0, 0.05) is 36.7 Å². The van der Waals surface area contributed by atoms with E-state index in [2.05, 4.69) is 18.4 Å².